The van der Waals surface area contributed by atoms with E-state index in [4.69, 9.17) is 10.5 Å². The highest BCUT2D eigenvalue weighted by molar-refractivity contribution is 5.94. The molecule has 1 amide bonds. The van der Waals surface area contributed by atoms with E-state index in [1.54, 1.807) is 0 Å². The molecule has 2 heterocycles. The molecule has 2 saturated heterocycles. The number of piperidine rings is 1. The maximum absolute atomic E-state index is 12.8. The minimum Gasteiger partial charge on any atom is -0.378 e. The third-order valence-corrected chi connectivity index (χ3v) is 5.21. The first kappa shape index (κ1) is 18.4. The van der Waals surface area contributed by atoms with Gasteiger partial charge in [-0.15, -0.1) is 0 Å². The number of nitrogens with zero attached hydrogens (tertiary/aromatic N) is 2. The van der Waals surface area contributed by atoms with Gasteiger partial charge >= 0.3 is 0 Å². The average molecular weight is 345 g/mol. The molecule has 2 aliphatic heterocycles. The topological polar surface area (TPSA) is 58.8 Å². The second-order valence-corrected chi connectivity index (χ2v) is 7.19. The molecule has 0 spiro atoms. The van der Waals surface area contributed by atoms with Gasteiger partial charge in [-0.25, -0.2) is 0 Å². The van der Waals surface area contributed by atoms with Gasteiger partial charge in [0.25, 0.3) is 5.91 Å². The van der Waals surface area contributed by atoms with E-state index < -0.39 is 0 Å². The van der Waals surface area contributed by atoms with E-state index in [0.717, 1.165) is 51.1 Å². The molecule has 2 N–H and O–H groups in total. The molecular formula is C20H31N3O2. The van der Waals surface area contributed by atoms with Gasteiger partial charge in [0.2, 0.25) is 0 Å². The number of ether oxygens (including phenoxy) is 1. The van der Waals surface area contributed by atoms with Crippen molar-refractivity contribution in [3.05, 3.63) is 35.4 Å². The molecule has 2 aliphatic rings. The molecule has 0 bridgehead atoms. The Morgan fingerprint density at radius 1 is 1.16 bits per heavy atom. The van der Waals surface area contributed by atoms with E-state index >= 15 is 0 Å². The van der Waals surface area contributed by atoms with Crippen LogP contribution in [0.5, 0.6) is 0 Å². The highest BCUT2D eigenvalue weighted by Crippen LogP contribution is 2.18. The number of carbonyl (C=O) groups is 1. The summed E-state index contributed by atoms with van der Waals surface area (Å²) in [5.41, 5.74) is 7.56. The average Bonchev–Trinajstić information content (AvgIpc) is 3.15. The number of carbonyl (C=O) groups excluding carboxylic acids is 1. The van der Waals surface area contributed by atoms with Gasteiger partial charge in [0.05, 0.1) is 6.10 Å². The van der Waals surface area contributed by atoms with Crippen molar-refractivity contribution in [3.63, 3.8) is 0 Å². The second-order valence-electron chi connectivity index (χ2n) is 7.19. The van der Waals surface area contributed by atoms with Gasteiger partial charge in [-0.05, 0) is 69.4 Å². The number of rotatable bonds is 7. The van der Waals surface area contributed by atoms with Gasteiger partial charge in [0, 0.05) is 31.8 Å². The highest BCUT2D eigenvalue weighted by Gasteiger charge is 2.24. The quantitative estimate of drug-likeness (QED) is 0.770. The molecule has 5 heteroatoms. The molecule has 0 aliphatic carbocycles. The Morgan fingerprint density at radius 3 is 2.64 bits per heavy atom. The van der Waals surface area contributed by atoms with Crippen LogP contribution in [0.2, 0.25) is 0 Å². The van der Waals surface area contributed by atoms with Crippen molar-refractivity contribution in [1.29, 1.82) is 0 Å². The second kappa shape index (κ2) is 9.32. The van der Waals surface area contributed by atoms with Gasteiger partial charge in [-0.1, -0.05) is 12.1 Å². The summed E-state index contributed by atoms with van der Waals surface area (Å²) in [5.74, 6) is 0.156. The summed E-state index contributed by atoms with van der Waals surface area (Å²) < 4.78 is 5.83. The zero-order chi connectivity index (χ0) is 17.5. The highest BCUT2D eigenvalue weighted by atomic mass is 16.5. The fourth-order valence-electron chi connectivity index (χ4n) is 3.74. The lowest BCUT2D eigenvalue weighted by Gasteiger charge is -2.32. The molecule has 0 unspecified atom stereocenters. The van der Waals surface area contributed by atoms with E-state index in [1.165, 1.54) is 31.5 Å². The lowest BCUT2D eigenvalue weighted by molar-refractivity contribution is 0.00844. The zero-order valence-electron chi connectivity index (χ0n) is 15.2. The number of hydrogen-bond donors (Lipinski definition) is 1. The number of nitrogens with two attached hydrogens (primary N) is 1. The van der Waals surface area contributed by atoms with Crippen molar-refractivity contribution in [3.8, 4) is 0 Å². The third-order valence-electron chi connectivity index (χ3n) is 5.21. The van der Waals surface area contributed by atoms with E-state index in [2.05, 4.69) is 17.0 Å². The fourth-order valence-corrected chi connectivity index (χ4v) is 3.74. The Balaban J connectivity index is 1.51. The molecule has 138 valence electrons. The summed E-state index contributed by atoms with van der Waals surface area (Å²) >= 11 is 0. The predicted octanol–water partition coefficient (Wildman–Crippen LogP) is 2.25. The molecule has 0 atom stereocenters. The van der Waals surface area contributed by atoms with Crippen LogP contribution in [-0.2, 0) is 11.3 Å². The molecule has 0 saturated carbocycles. The van der Waals surface area contributed by atoms with Gasteiger partial charge in [-0.3, -0.25) is 9.69 Å². The first-order valence-electron chi connectivity index (χ1n) is 9.68. The lowest BCUT2D eigenvalue weighted by Crippen LogP contribution is -2.41. The van der Waals surface area contributed by atoms with Gasteiger partial charge in [-0.2, -0.15) is 0 Å². The number of hydrogen-bond acceptors (Lipinski definition) is 4. The molecular weight excluding hydrogens is 314 g/mol. The first-order valence-corrected chi connectivity index (χ1v) is 9.68. The number of amides is 1. The van der Waals surface area contributed by atoms with Gasteiger partial charge in [0.15, 0.2) is 0 Å². The van der Waals surface area contributed by atoms with Crippen LogP contribution in [-0.4, -0.2) is 61.1 Å². The number of benzene rings is 1. The van der Waals surface area contributed by atoms with Crippen LogP contribution in [0, 0.1) is 0 Å². The maximum Gasteiger partial charge on any atom is 0.253 e. The zero-order valence-corrected chi connectivity index (χ0v) is 15.2. The van der Waals surface area contributed by atoms with E-state index in [-0.39, 0.29) is 12.0 Å². The minimum atomic E-state index is 0.156. The third kappa shape index (κ3) is 5.27. The molecule has 1 aromatic carbocycles. The van der Waals surface area contributed by atoms with Crippen molar-refractivity contribution in [2.75, 3.05) is 39.3 Å². The van der Waals surface area contributed by atoms with E-state index in [1.807, 2.05) is 17.0 Å². The van der Waals surface area contributed by atoms with Crippen LogP contribution in [0.25, 0.3) is 0 Å². The van der Waals surface area contributed by atoms with Crippen molar-refractivity contribution < 1.29 is 9.53 Å². The Hall–Kier alpha value is -1.43. The van der Waals surface area contributed by atoms with E-state index in [0.29, 0.717) is 6.54 Å². The largest absolute Gasteiger partial charge is 0.378 e. The van der Waals surface area contributed by atoms with Crippen LogP contribution in [0.15, 0.2) is 24.3 Å². The fraction of sp³-hybridized carbons (Fsp3) is 0.650. The standard InChI is InChI=1S/C20H31N3O2/c21-9-4-14-25-19-7-12-23(13-8-19)20(24)18-6-3-5-17(15-18)16-22-10-1-2-11-22/h3,5-6,15,19H,1-2,4,7-14,16,21H2. The van der Waals surface area contributed by atoms with Gasteiger partial charge in [0.1, 0.15) is 0 Å². The van der Waals surface area contributed by atoms with Crippen molar-refractivity contribution >= 4 is 5.91 Å². The summed E-state index contributed by atoms with van der Waals surface area (Å²) in [6.45, 7) is 6.27. The smallest absolute Gasteiger partial charge is 0.253 e. The number of likely N-dealkylation sites (tertiary alicyclic amines) is 2. The summed E-state index contributed by atoms with van der Waals surface area (Å²) in [4.78, 5) is 17.2. The van der Waals surface area contributed by atoms with Gasteiger partial charge < -0.3 is 15.4 Å². The minimum absolute atomic E-state index is 0.156. The van der Waals surface area contributed by atoms with Crippen LogP contribution >= 0.6 is 0 Å². The maximum atomic E-state index is 12.8. The Kier molecular flexibility index (Phi) is 6.84. The van der Waals surface area contributed by atoms with Crippen molar-refractivity contribution in [2.24, 2.45) is 5.73 Å². The predicted molar refractivity (Wildman–Crippen MR) is 99.5 cm³/mol. The van der Waals surface area contributed by atoms with Crippen LogP contribution < -0.4 is 5.73 Å². The molecule has 5 nitrogen and oxygen atoms in total. The van der Waals surface area contributed by atoms with Crippen LogP contribution in [0.1, 0.15) is 48.0 Å². The first-order chi connectivity index (χ1) is 12.3. The van der Waals surface area contributed by atoms with Crippen molar-refractivity contribution in [2.45, 2.75) is 44.8 Å². The van der Waals surface area contributed by atoms with Crippen LogP contribution in [0.3, 0.4) is 0 Å². The summed E-state index contributed by atoms with van der Waals surface area (Å²) in [7, 11) is 0. The summed E-state index contributed by atoms with van der Waals surface area (Å²) in [5, 5.41) is 0. The van der Waals surface area contributed by atoms with E-state index in [9.17, 15) is 4.79 Å². The Bertz CT molecular complexity index is 550. The molecule has 2 fully saturated rings. The monoisotopic (exact) mass is 345 g/mol. The van der Waals surface area contributed by atoms with Crippen LogP contribution in [0.4, 0.5) is 0 Å². The molecule has 3 rings (SSSR count). The molecule has 1 aromatic rings. The Morgan fingerprint density at radius 2 is 1.92 bits per heavy atom. The normalized spacial score (nSPS) is 19.5. The summed E-state index contributed by atoms with van der Waals surface area (Å²) in [6.07, 6.45) is 5.61. The Labute approximate surface area is 151 Å². The molecule has 0 radical (unpaired) electrons. The summed E-state index contributed by atoms with van der Waals surface area (Å²) in [6, 6.07) is 8.16. The van der Waals surface area contributed by atoms with Crippen molar-refractivity contribution in [1.82, 2.24) is 9.80 Å². The molecule has 0 aromatic heterocycles. The SMILES string of the molecule is NCCCOC1CCN(C(=O)c2cccc(CN3CCCC3)c2)CC1. The lowest BCUT2D eigenvalue weighted by atomic mass is 10.0. The molecule has 25 heavy (non-hydrogen) atoms.